The second kappa shape index (κ2) is 10.2. The van der Waals surface area contributed by atoms with Crippen molar-refractivity contribution in [2.45, 2.75) is 0 Å². The van der Waals surface area contributed by atoms with E-state index in [0.717, 1.165) is 0 Å². The minimum absolute atomic E-state index is 1.33. The van der Waals surface area contributed by atoms with Gasteiger partial charge in [-0.3, -0.25) is 0 Å². The fraction of sp³-hybridized carbons (Fsp3) is 0. The zero-order chi connectivity index (χ0) is 5.58. The van der Waals surface area contributed by atoms with Crippen LogP contribution in [0, 0.1) is 0 Å². The SMILES string of the molecule is [Cl][Cu].[Cl][Fe]([Cl])[Cl]. The molecule has 0 N–H and O–H groups in total. The Hall–Kier alpha value is 2.20. The van der Waals surface area contributed by atoms with Crippen molar-refractivity contribution in [2.24, 2.45) is 0 Å². The van der Waals surface area contributed by atoms with E-state index < -0.39 is 11.2 Å². The maximum atomic E-state index is 4.89. The van der Waals surface area contributed by atoms with Crippen molar-refractivity contribution in [1.29, 1.82) is 0 Å². The third-order valence-corrected chi connectivity index (χ3v) is 0. The van der Waals surface area contributed by atoms with Crippen molar-refractivity contribution in [3.63, 3.8) is 0 Å². The molecule has 0 saturated heterocycles. The van der Waals surface area contributed by atoms with E-state index in [1.165, 1.54) is 0 Å². The second-order valence-corrected chi connectivity index (χ2v) is 5.62. The molecule has 0 rings (SSSR count). The summed E-state index contributed by atoms with van der Waals surface area (Å²) < 4.78 is 0. The van der Waals surface area contributed by atoms with Gasteiger partial charge in [-0.1, -0.05) is 0 Å². The number of halogens is 4. The fourth-order valence-electron chi connectivity index (χ4n) is 0. The van der Waals surface area contributed by atoms with Crippen LogP contribution >= 0.6 is 40.4 Å². The topological polar surface area (TPSA) is 0 Å². The van der Waals surface area contributed by atoms with Crippen LogP contribution in [0.3, 0.4) is 0 Å². The summed E-state index contributed by atoms with van der Waals surface area (Å²) in [6.07, 6.45) is 0. The van der Waals surface area contributed by atoms with Crippen LogP contribution in [0.25, 0.3) is 0 Å². The first-order valence-corrected chi connectivity index (χ1v) is 6.37. The fourth-order valence-corrected chi connectivity index (χ4v) is 0. The minimum atomic E-state index is -1.33. The average molecular weight is 261 g/mol. The van der Waals surface area contributed by atoms with Crippen molar-refractivity contribution >= 4 is 40.4 Å². The van der Waals surface area contributed by atoms with Crippen molar-refractivity contribution in [3.05, 3.63) is 0 Å². The molecule has 0 heterocycles. The van der Waals surface area contributed by atoms with E-state index in [1.807, 2.05) is 0 Å². The van der Waals surface area contributed by atoms with Gasteiger partial charge in [-0.15, -0.1) is 0 Å². The summed E-state index contributed by atoms with van der Waals surface area (Å²) in [5.74, 6) is 0. The predicted octanol–water partition coefficient (Wildman–Crippen LogP) is 2.75. The van der Waals surface area contributed by atoms with Crippen LogP contribution in [0.1, 0.15) is 0 Å². The third-order valence-electron chi connectivity index (χ3n) is 0. The van der Waals surface area contributed by atoms with Gasteiger partial charge in [-0.2, -0.15) is 0 Å². The first-order chi connectivity index (χ1) is 2.73. The van der Waals surface area contributed by atoms with Crippen LogP contribution in [-0.4, -0.2) is 0 Å². The van der Waals surface area contributed by atoms with E-state index in [4.69, 9.17) is 30.3 Å². The van der Waals surface area contributed by atoms with Crippen LogP contribution in [0.4, 0.5) is 0 Å². The zero-order valence-electron chi connectivity index (χ0n) is 2.17. The summed E-state index contributed by atoms with van der Waals surface area (Å²) >= 11 is 2.33. The molecule has 0 aromatic carbocycles. The van der Waals surface area contributed by atoms with Crippen LogP contribution in [0.15, 0.2) is 0 Å². The van der Waals surface area contributed by atoms with Crippen LogP contribution in [0.5, 0.6) is 0 Å². The molecular formula is Cl4CuFe. The van der Waals surface area contributed by atoms with Crippen molar-refractivity contribution in [2.75, 3.05) is 0 Å². The number of rotatable bonds is 0. The van der Waals surface area contributed by atoms with Gasteiger partial charge in [0.25, 0.3) is 0 Å². The van der Waals surface area contributed by atoms with Gasteiger partial charge in [0, 0.05) is 0 Å². The molecule has 0 radical (unpaired) electrons. The van der Waals surface area contributed by atoms with Gasteiger partial charge in [0.05, 0.1) is 0 Å². The van der Waals surface area contributed by atoms with Gasteiger partial charge < -0.3 is 0 Å². The van der Waals surface area contributed by atoms with Crippen LogP contribution in [0.2, 0.25) is 0 Å². The molecule has 0 aliphatic carbocycles. The van der Waals surface area contributed by atoms with E-state index in [1.54, 1.807) is 0 Å². The average Bonchev–Trinajstić information content (AvgIpc) is 1.41. The normalized spacial score (nSPS) is 8.67. The molecule has 0 unspecified atom stereocenters. The Labute approximate surface area is 66.1 Å². The molecule has 0 aromatic rings. The Bertz CT molecular complexity index is 12.3. The van der Waals surface area contributed by atoms with Crippen molar-refractivity contribution in [3.8, 4) is 0 Å². The van der Waals surface area contributed by atoms with Gasteiger partial charge in [-0.25, -0.2) is 0 Å². The quantitative estimate of drug-likeness (QED) is 0.588. The molecule has 0 aliphatic heterocycles. The number of hydrogen-bond donors (Lipinski definition) is 0. The summed E-state index contributed by atoms with van der Waals surface area (Å²) in [6, 6.07) is 0. The maximum absolute atomic E-state index is 4.89. The Morgan fingerprint density at radius 1 is 1.00 bits per heavy atom. The van der Waals surface area contributed by atoms with E-state index in [2.05, 4.69) is 25.2 Å². The Kier molecular flexibility index (Phi) is 18.9. The first-order valence-electron chi connectivity index (χ1n) is 0.515. The molecule has 0 aromatic heterocycles. The second-order valence-electron chi connectivity index (χ2n) is 0.152. The van der Waals surface area contributed by atoms with Gasteiger partial charge in [0.2, 0.25) is 0 Å². The summed E-state index contributed by atoms with van der Waals surface area (Å²) in [4.78, 5) is 0. The van der Waals surface area contributed by atoms with Crippen molar-refractivity contribution < 1.29 is 26.3 Å². The van der Waals surface area contributed by atoms with Gasteiger partial charge >= 0.3 is 66.7 Å². The Morgan fingerprint density at radius 3 is 1.00 bits per heavy atom. The summed E-state index contributed by atoms with van der Waals surface area (Å²) in [5, 5.41) is 0. The number of hydrogen-bond acceptors (Lipinski definition) is 0. The molecule has 0 fully saturated rings. The molecule has 0 aliphatic rings. The van der Waals surface area contributed by atoms with E-state index in [-0.39, 0.29) is 0 Å². The van der Waals surface area contributed by atoms with Crippen LogP contribution < -0.4 is 0 Å². The zero-order valence-corrected chi connectivity index (χ0v) is 7.24. The molecule has 0 atom stereocenters. The summed E-state index contributed by atoms with van der Waals surface area (Å²) in [5.41, 5.74) is 0. The molecule has 6 heteroatoms. The van der Waals surface area contributed by atoms with Gasteiger partial charge in [0.1, 0.15) is 0 Å². The molecule has 0 spiro atoms. The van der Waals surface area contributed by atoms with Gasteiger partial charge in [0.15, 0.2) is 0 Å². The van der Waals surface area contributed by atoms with Gasteiger partial charge in [-0.05, 0) is 0 Å². The van der Waals surface area contributed by atoms with E-state index >= 15 is 0 Å². The third kappa shape index (κ3) is 34.7. The van der Waals surface area contributed by atoms with E-state index in [9.17, 15) is 0 Å². The first kappa shape index (κ1) is 11.1. The van der Waals surface area contributed by atoms with Crippen molar-refractivity contribution in [1.82, 2.24) is 0 Å². The molecule has 0 nitrogen and oxygen atoms in total. The molecular weight excluding hydrogens is 261 g/mol. The summed E-state index contributed by atoms with van der Waals surface area (Å²) in [7, 11) is 18.9. The Morgan fingerprint density at radius 2 is 1.00 bits per heavy atom. The molecule has 47 valence electrons. The monoisotopic (exact) mass is 259 g/mol. The molecule has 0 saturated carbocycles. The Balaban J connectivity index is 0. The van der Waals surface area contributed by atoms with E-state index in [0.29, 0.717) is 0 Å². The standard InChI is InChI=1S/4ClH.Cu.Fe/h4*1H;;/q;;;;+1;+3/p-4. The predicted molar refractivity (Wildman–Crippen MR) is 23.4 cm³/mol. The molecule has 0 bridgehead atoms. The van der Waals surface area contributed by atoms with Crippen LogP contribution in [-0.2, 0) is 26.3 Å². The summed E-state index contributed by atoms with van der Waals surface area (Å²) in [6.45, 7) is 0. The molecule has 6 heavy (non-hydrogen) atoms. The molecule has 0 amide bonds.